The van der Waals surface area contributed by atoms with E-state index in [2.05, 4.69) is 11.8 Å². The van der Waals surface area contributed by atoms with Crippen molar-refractivity contribution in [2.24, 2.45) is 34.5 Å². The lowest BCUT2D eigenvalue weighted by molar-refractivity contribution is -0.305. The third-order valence-electron chi connectivity index (χ3n) is 12.0. The van der Waals surface area contributed by atoms with Crippen LogP contribution in [-0.2, 0) is 23.7 Å². The molecule has 1 aliphatic heterocycles. The zero-order valence-electron chi connectivity index (χ0n) is 22.6. The average Bonchev–Trinajstić information content (AvgIpc) is 3.21. The summed E-state index contributed by atoms with van der Waals surface area (Å²) in [5, 5.41) is 35.7. The van der Waals surface area contributed by atoms with Crippen molar-refractivity contribution in [3.05, 3.63) is 0 Å². The summed E-state index contributed by atoms with van der Waals surface area (Å²) in [4.78, 5) is 2.51. The van der Waals surface area contributed by atoms with Crippen LogP contribution in [0.3, 0.4) is 0 Å². The maximum Gasteiger partial charge on any atom is 0.117 e. The summed E-state index contributed by atoms with van der Waals surface area (Å²) in [6.07, 6.45) is -1.18. The van der Waals surface area contributed by atoms with Gasteiger partial charge in [0.2, 0.25) is 0 Å². The Balaban J connectivity index is 1.68. The monoisotopic (exact) mass is 511 g/mol. The van der Waals surface area contributed by atoms with Crippen LogP contribution >= 0.6 is 0 Å². The number of aliphatic hydroxyl groups is 3. The molecule has 1 saturated heterocycles. The number of ether oxygens (including phenoxy) is 5. The molecule has 5 saturated carbocycles. The Bertz CT molecular complexity index is 877. The minimum atomic E-state index is -1.35. The molecule has 6 rings (SSSR count). The zero-order chi connectivity index (χ0) is 25.8. The third-order valence-corrected chi connectivity index (χ3v) is 12.0. The highest BCUT2D eigenvalue weighted by molar-refractivity contribution is 5.38. The molecule has 1 spiro atoms. The van der Waals surface area contributed by atoms with Crippen LogP contribution in [0.5, 0.6) is 0 Å². The van der Waals surface area contributed by atoms with Crippen LogP contribution in [0.2, 0.25) is 0 Å². The van der Waals surface area contributed by atoms with Crippen LogP contribution < -0.4 is 0 Å². The normalized spacial score (nSPS) is 58.9. The van der Waals surface area contributed by atoms with Gasteiger partial charge in [0.05, 0.1) is 42.7 Å². The Kier molecular flexibility index (Phi) is 5.98. The van der Waals surface area contributed by atoms with Crippen LogP contribution in [-0.4, -0.2) is 123 Å². The van der Waals surface area contributed by atoms with Crippen LogP contribution in [0.4, 0.5) is 0 Å². The molecule has 0 amide bonds. The van der Waals surface area contributed by atoms with Crippen molar-refractivity contribution in [1.29, 1.82) is 0 Å². The molecule has 3 N–H and O–H groups in total. The third kappa shape index (κ3) is 2.55. The number of fused-ring (bicyclic) bond motifs is 2. The Morgan fingerprint density at radius 3 is 2.25 bits per heavy atom. The minimum Gasteiger partial charge on any atom is -0.392 e. The number of likely N-dealkylation sites (tertiary alicyclic amines) is 1. The molecule has 5 aliphatic carbocycles. The van der Waals surface area contributed by atoms with E-state index in [9.17, 15) is 15.3 Å². The van der Waals surface area contributed by atoms with Gasteiger partial charge in [-0.15, -0.1) is 0 Å². The van der Waals surface area contributed by atoms with Crippen molar-refractivity contribution in [3.63, 3.8) is 0 Å². The van der Waals surface area contributed by atoms with Gasteiger partial charge in [0.25, 0.3) is 0 Å². The first-order chi connectivity index (χ1) is 17.2. The van der Waals surface area contributed by atoms with Gasteiger partial charge in [-0.3, -0.25) is 4.90 Å². The molecule has 36 heavy (non-hydrogen) atoms. The van der Waals surface area contributed by atoms with E-state index in [1.807, 2.05) is 6.92 Å². The molecule has 0 aromatic heterocycles. The topological polar surface area (TPSA) is 110 Å². The van der Waals surface area contributed by atoms with E-state index in [1.165, 1.54) is 0 Å². The van der Waals surface area contributed by atoms with Gasteiger partial charge in [-0.1, -0.05) is 6.92 Å². The van der Waals surface area contributed by atoms with Crippen LogP contribution in [0.1, 0.15) is 33.1 Å². The summed E-state index contributed by atoms with van der Waals surface area (Å²) in [6.45, 7) is 6.61. The number of nitrogens with zero attached hydrogens (tertiary/aromatic N) is 1. The second-order valence-electron chi connectivity index (χ2n) is 12.4. The van der Waals surface area contributed by atoms with E-state index < -0.39 is 40.3 Å². The molecule has 0 radical (unpaired) electrons. The smallest absolute Gasteiger partial charge is 0.117 e. The van der Waals surface area contributed by atoms with Gasteiger partial charge in [0, 0.05) is 89.1 Å². The highest BCUT2D eigenvalue weighted by Gasteiger charge is 2.89. The van der Waals surface area contributed by atoms with Crippen molar-refractivity contribution in [2.45, 2.75) is 80.9 Å². The summed E-state index contributed by atoms with van der Waals surface area (Å²) in [5.74, 6) is -0.503. The summed E-state index contributed by atoms with van der Waals surface area (Å²) < 4.78 is 31.4. The Morgan fingerprint density at radius 1 is 0.944 bits per heavy atom. The fourth-order valence-electron chi connectivity index (χ4n) is 11.4. The molecule has 9 heteroatoms. The lowest BCUT2D eigenvalue weighted by Gasteiger charge is -2.70. The van der Waals surface area contributed by atoms with Crippen molar-refractivity contribution in [1.82, 2.24) is 4.90 Å². The predicted molar refractivity (Wildman–Crippen MR) is 129 cm³/mol. The number of rotatable bonds is 8. The van der Waals surface area contributed by atoms with E-state index >= 15 is 0 Å². The second-order valence-corrected chi connectivity index (χ2v) is 12.4. The molecule has 5 unspecified atom stereocenters. The molecule has 7 bridgehead atoms. The lowest BCUT2D eigenvalue weighted by Crippen LogP contribution is -2.79. The Labute approximate surface area is 214 Å². The fourth-order valence-corrected chi connectivity index (χ4v) is 11.4. The molecular formula is C27H45NO8. The van der Waals surface area contributed by atoms with Gasteiger partial charge in [-0.2, -0.15) is 0 Å². The molecule has 1 heterocycles. The first kappa shape index (κ1) is 25.9. The molecule has 9 nitrogen and oxygen atoms in total. The van der Waals surface area contributed by atoms with E-state index in [-0.39, 0.29) is 41.9 Å². The largest absolute Gasteiger partial charge is 0.392 e. The molecule has 0 aromatic rings. The van der Waals surface area contributed by atoms with Crippen LogP contribution in [0.15, 0.2) is 0 Å². The average molecular weight is 512 g/mol. The lowest BCUT2D eigenvalue weighted by atomic mass is 9.42. The van der Waals surface area contributed by atoms with Crippen molar-refractivity contribution in [3.8, 4) is 0 Å². The van der Waals surface area contributed by atoms with Gasteiger partial charge in [0.1, 0.15) is 5.60 Å². The van der Waals surface area contributed by atoms with E-state index in [0.29, 0.717) is 39.0 Å². The second kappa shape index (κ2) is 8.32. The first-order valence-electron chi connectivity index (χ1n) is 13.8. The van der Waals surface area contributed by atoms with Crippen molar-refractivity contribution >= 4 is 0 Å². The summed E-state index contributed by atoms with van der Waals surface area (Å²) in [6, 6.07) is 0.0674. The van der Waals surface area contributed by atoms with E-state index in [4.69, 9.17) is 23.7 Å². The summed E-state index contributed by atoms with van der Waals surface area (Å²) in [5.41, 5.74) is -3.07. The number of aliphatic hydroxyl groups excluding tert-OH is 2. The maximum atomic E-state index is 12.0. The van der Waals surface area contributed by atoms with Gasteiger partial charge < -0.3 is 39.0 Å². The number of hydrogen-bond acceptors (Lipinski definition) is 9. The van der Waals surface area contributed by atoms with Gasteiger partial charge >= 0.3 is 0 Å². The Hall–Kier alpha value is -0.360. The SMILES string of the molecule is CCO[C@]12CC(OC)[C@@]3(O)C[C@H]([C@@H]1C3O)[C@@]13C(OC)CC(O)[C@@]4(COC)CN(CC)[C@@H]1[C@@H]2C(OC)[C@H]43. The van der Waals surface area contributed by atoms with Crippen molar-refractivity contribution in [2.75, 3.05) is 54.7 Å². The molecule has 206 valence electrons. The molecule has 0 aromatic carbocycles. The predicted octanol–water partition coefficient (Wildman–Crippen LogP) is 0.286. The number of methoxy groups -OCH3 is 4. The standard InChI is InChI=1S/C27H45NO8/c1-7-28-12-24(13-32-3)15(29)9-16(33-4)27-14-10-25(31)17(34-5)11-26(36-8-2,18(14)23(25)30)19(22(27)28)20(35-6)21(24)27/h14-23,29-31H,7-13H2,1-6H3/t14-,15?,16?,17?,18-,19+,20?,21-,22-,23?,24+,25+,26-,27+/m1/s1. The molecule has 14 atom stereocenters. The summed E-state index contributed by atoms with van der Waals surface area (Å²) >= 11 is 0. The maximum absolute atomic E-state index is 12.0. The van der Waals surface area contributed by atoms with Crippen molar-refractivity contribution < 1.29 is 39.0 Å². The molecule has 6 fully saturated rings. The quantitative estimate of drug-likeness (QED) is 0.423. The highest BCUT2D eigenvalue weighted by atomic mass is 16.5. The molecule has 6 aliphatic rings. The van der Waals surface area contributed by atoms with Crippen LogP contribution in [0, 0.1) is 34.5 Å². The number of piperidine rings is 1. The highest BCUT2D eigenvalue weighted by Crippen LogP contribution is 2.80. The fraction of sp³-hybridized carbons (Fsp3) is 1.00. The summed E-state index contributed by atoms with van der Waals surface area (Å²) in [7, 11) is 6.85. The first-order valence-corrected chi connectivity index (χ1v) is 13.8. The van der Waals surface area contributed by atoms with Gasteiger partial charge in [-0.25, -0.2) is 0 Å². The van der Waals surface area contributed by atoms with Gasteiger partial charge in [0.15, 0.2) is 0 Å². The van der Waals surface area contributed by atoms with Gasteiger partial charge in [-0.05, 0) is 25.8 Å². The van der Waals surface area contributed by atoms with E-state index in [0.717, 1.165) is 6.54 Å². The minimum absolute atomic E-state index is 0.0649. The molecular weight excluding hydrogens is 466 g/mol. The number of hydrogen-bond donors (Lipinski definition) is 3. The zero-order valence-corrected chi connectivity index (χ0v) is 22.6. The van der Waals surface area contributed by atoms with Crippen LogP contribution in [0.25, 0.3) is 0 Å². The Morgan fingerprint density at radius 2 is 1.67 bits per heavy atom. The van der Waals surface area contributed by atoms with E-state index in [1.54, 1.807) is 28.4 Å².